The zero-order valence-corrected chi connectivity index (χ0v) is 19.5. The van der Waals surface area contributed by atoms with Crippen molar-refractivity contribution in [1.82, 2.24) is 9.97 Å². The highest BCUT2D eigenvalue weighted by Gasteiger charge is 2.15. The number of benzene rings is 2. The predicted molar refractivity (Wildman–Crippen MR) is 130 cm³/mol. The molecule has 1 N–H and O–H groups in total. The zero-order valence-electron chi connectivity index (χ0n) is 17.4. The first-order chi connectivity index (χ1) is 14.7. The first-order valence-electron chi connectivity index (χ1n) is 9.79. The Balaban J connectivity index is 1.66. The van der Waals surface area contributed by atoms with Crippen molar-refractivity contribution in [2.75, 3.05) is 0 Å². The number of aromatic nitrogens is 2. The molecule has 0 aliphatic rings. The van der Waals surface area contributed by atoms with E-state index in [9.17, 15) is 9.90 Å². The van der Waals surface area contributed by atoms with E-state index in [1.165, 1.54) is 0 Å². The minimum atomic E-state index is -0.982. The fourth-order valence-corrected chi connectivity index (χ4v) is 3.78. The molecule has 2 aromatic carbocycles. The second-order valence-electron chi connectivity index (χ2n) is 8.19. The number of hydrogen-bond acceptors (Lipinski definition) is 4. The summed E-state index contributed by atoms with van der Waals surface area (Å²) in [7, 11) is 0. The molecule has 0 fully saturated rings. The number of hydrogen-bond donors (Lipinski definition) is 1. The second kappa shape index (κ2) is 8.26. The number of rotatable bonds is 4. The SMILES string of the molecule is CC(C)(C)Oc1ccc(-c2ccc(-c3cc(C(=O)O)c4cc(I)ccc4n3)nc2)cc1. The molecule has 0 saturated carbocycles. The molecule has 0 radical (unpaired) electrons. The first kappa shape index (κ1) is 21.2. The smallest absolute Gasteiger partial charge is 0.336 e. The Labute approximate surface area is 194 Å². The van der Waals surface area contributed by atoms with Crippen molar-refractivity contribution in [3.8, 4) is 28.3 Å². The Morgan fingerprint density at radius 1 is 0.935 bits per heavy atom. The van der Waals surface area contributed by atoms with Crippen molar-refractivity contribution in [3.63, 3.8) is 0 Å². The molecule has 0 amide bonds. The molecule has 2 aromatic heterocycles. The summed E-state index contributed by atoms with van der Waals surface area (Å²) in [5, 5.41) is 10.3. The second-order valence-corrected chi connectivity index (χ2v) is 9.44. The van der Waals surface area contributed by atoms with E-state index in [0.29, 0.717) is 22.3 Å². The minimum Gasteiger partial charge on any atom is -0.488 e. The summed E-state index contributed by atoms with van der Waals surface area (Å²) in [5.74, 6) is -0.165. The average molecular weight is 524 g/mol. The van der Waals surface area contributed by atoms with E-state index < -0.39 is 5.97 Å². The van der Waals surface area contributed by atoms with E-state index in [-0.39, 0.29) is 11.2 Å². The Bertz CT molecular complexity index is 1260. The molecule has 6 heteroatoms. The Morgan fingerprint density at radius 3 is 2.26 bits per heavy atom. The topological polar surface area (TPSA) is 72.3 Å². The summed E-state index contributed by atoms with van der Waals surface area (Å²) in [6, 6.07) is 18.9. The van der Waals surface area contributed by atoms with Crippen molar-refractivity contribution in [3.05, 3.63) is 76.0 Å². The van der Waals surface area contributed by atoms with E-state index in [2.05, 4.69) is 32.6 Å². The molecule has 31 heavy (non-hydrogen) atoms. The molecule has 2 heterocycles. The third-order valence-corrected chi connectivity index (χ3v) is 5.31. The van der Waals surface area contributed by atoms with E-state index >= 15 is 0 Å². The van der Waals surface area contributed by atoms with Gasteiger partial charge in [0.05, 0.1) is 22.5 Å². The Kier molecular flexibility index (Phi) is 5.66. The summed E-state index contributed by atoms with van der Waals surface area (Å²) in [4.78, 5) is 21.0. The van der Waals surface area contributed by atoms with Gasteiger partial charge in [-0.1, -0.05) is 18.2 Å². The standard InChI is InChI=1S/C25H21IN2O3/c1-25(2,3)31-18-8-4-15(5-9-18)16-6-10-22(27-14-16)23-13-20(24(29)30)19-12-17(26)7-11-21(19)28-23/h4-14H,1-3H3,(H,29,30). The maximum Gasteiger partial charge on any atom is 0.336 e. The van der Waals surface area contributed by atoms with Crippen LogP contribution in [0.2, 0.25) is 0 Å². The van der Waals surface area contributed by atoms with Gasteiger partial charge in [0.2, 0.25) is 0 Å². The highest BCUT2D eigenvalue weighted by atomic mass is 127. The van der Waals surface area contributed by atoms with Gasteiger partial charge in [-0.05, 0) is 91.4 Å². The van der Waals surface area contributed by atoms with Gasteiger partial charge in [-0.3, -0.25) is 4.98 Å². The highest BCUT2D eigenvalue weighted by Crippen LogP contribution is 2.28. The van der Waals surface area contributed by atoms with Gasteiger partial charge in [0.1, 0.15) is 11.4 Å². The zero-order chi connectivity index (χ0) is 22.2. The van der Waals surface area contributed by atoms with Gasteiger partial charge in [-0.15, -0.1) is 0 Å². The van der Waals surface area contributed by atoms with Gasteiger partial charge < -0.3 is 9.84 Å². The van der Waals surface area contributed by atoms with Crippen LogP contribution in [0.25, 0.3) is 33.4 Å². The normalized spacial score (nSPS) is 11.5. The fraction of sp³-hybridized carbons (Fsp3) is 0.160. The largest absolute Gasteiger partial charge is 0.488 e. The number of ether oxygens (including phenoxy) is 1. The minimum absolute atomic E-state index is 0.221. The molecule has 4 aromatic rings. The summed E-state index contributed by atoms with van der Waals surface area (Å²) in [6.07, 6.45) is 1.77. The average Bonchev–Trinajstić information content (AvgIpc) is 2.72. The van der Waals surface area contributed by atoms with Gasteiger partial charge in [0.15, 0.2) is 0 Å². The number of carboxylic acids is 1. The van der Waals surface area contributed by atoms with Gasteiger partial charge in [-0.2, -0.15) is 0 Å². The first-order valence-corrected chi connectivity index (χ1v) is 10.9. The summed E-state index contributed by atoms with van der Waals surface area (Å²) in [5.41, 5.74) is 3.75. The van der Waals surface area contributed by atoms with Crippen molar-refractivity contribution in [2.24, 2.45) is 0 Å². The van der Waals surface area contributed by atoms with Crippen LogP contribution in [0.15, 0.2) is 66.9 Å². The molecule has 0 unspecified atom stereocenters. The molecule has 0 saturated heterocycles. The van der Waals surface area contributed by atoms with E-state index in [1.807, 2.05) is 75.4 Å². The molecule has 0 aliphatic heterocycles. The predicted octanol–water partition coefficient (Wildman–Crippen LogP) is 6.44. The van der Waals surface area contributed by atoms with Gasteiger partial charge in [0.25, 0.3) is 0 Å². The molecule has 0 spiro atoms. The fourth-order valence-electron chi connectivity index (χ4n) is 3.29. The molecule has 156 valence electrons. The molecule has 0 atom stereocenters. The van der Waals surface area contributed by atoms with Crippen LogP contribution >= 0.6 is 22.6 Å². The van der Waals surface area contributed by atoms with Gasteiger partial charge in [-0.25, -0.2) is 9.78 Å². The van der Waals surface area contributed by atoms with Crippen LogP contribution in [-0.4, -0.2) is 26.6 Å². The van der Waals surface area contributed by atoms with E-state index in [1.54, 1.807) is 12.3 Å². The Hall–Kier alpha value is -3.00. The lowest BCUT2D eigenvalue weighted by Gasteiger charge is -2.21. The summed E-state index contributed by atoms with van der Waals surface area (Å²) < 4.78 is 6.83. The van der Waals surface area contributed by atoms with E-state index in [4.69, 9.17) is 4.74 Å². The van der Waals surface area contributed by atoms with Gasteiger partial charge >= 0.3 is 5.97 Å². The van der Waals surface area contributed by atoms with Crippen molar-refractivity contribution < 1.29 is 14.6 Å². The van der Waals surface area contributed by atoms with Crippen LogP contribution in [0.4, 0.5) is 0 Å². The van der Waals surface area contributed by atoms with Crippen molar-refractivity contribution >= 4 is 39.5 Å². The number of carboxylic acid groups (broad SMARTS) is 1. The van der Waals surface area contributed by atoms with Gasteiger partial charge in [0, 0.05) is 20.7 Å². The third kappa shape index (κ3) is 4.85. The van der Waals surface area contributed by atoms with Crippen LogP contribution in [0.1, 0.15) is 31.1 Å². The monoisotopic (exact) mass is 524 g/mol. The lowest BCUT2D eigenvalue weighted by Crippen LogP contribution is -2.22. The molecular formula is C25H21IN2O3. The van der Waals surface area contributed by atoms with Crippen LogP contribution in [0.5, 0.6) is 5.75 Å². The number of fused-ring (bicyclic) bond motifs is 1. The van der Waals surface area contributed by atoms with Crippen LogP contribution in [0.3, 0.4) is 0 Å². The summed E-state index contributed by atoms with van der Waals surface area (Å²) >= 11 is 2.16. The maximum absolute atomic E-state index is 11.8. The third-order valence-electron chi connectivity index (χ3n) is 4.64. The molecule has 4 rings (SSSR count). The van der Waals surface area contributed by atoms with Crippen molar-refractivity contribution in [1.29, 1.82) is 0 Å². The summed E-state index contributed by atoms with van der Waals surface area (Å²) in [6.45, 7) is 6.04. The lowest BCUT2D eigenvalue weighted by atomic mass is 10.0. The number of pyridine rings is 2. The Morgan fingerprint density at radius 2 is 1.65 bits per heavy atom. The lowest BCUT2D eigenvalue weighted by molar-refractivity contribution is 0.0699. The van der Waals surface area contributed by atoms with Crippen LogP contribution in [-0.2, 0) is 0 Å². The van der Waals surface area contributed by atoms with Crippen LogP contribution in [0, 0.1) is 3.57 Å². The van der Waals surface area contributed by atoms with Crippen LogP contribution < -0.4 is 4.74 Å². The highest BCUT2D eigenvalue weighted by molar-refractivity contribution is 14.1. The molecule has 5 nitrogen and oxygen atoms in total. The number of halogens is 1. The number of carbonyl (C=O) groups is 1. The molecule has 0 bridgehead atoms. The quantitative estimate of drug-likeness (QED) is 0.311. The molecule has 0 aliphatic carbocycles. The number of aromatic carboxylic acids is 1. The maximum atomic E-state index is 11.8. The molecular weight excluding hydrogens is 503 g/mol. The number of nitrogens with zero attached hydrogens (tertiary/aromatic N) is 2. The van der Waals surface area contributed by atoms with E-state index in [0.717, 1.165) is 20.4 Å². The van der Waals surface area contributed by atoms with Crippen molar-refractivity contribution in [2.45, 2.75) is 26.4 Å².